The van der Waals surface area contributed by atoms with Crippen LogP contribution in [0.5, 0.6) is 0 Å². The fourth-order valence-corrected chi connectivity index (χ4v) is 1.65. The van der Waals surface area contributed by atoms with Crippen LogP contribution in [0, 0.1) is 0 Å². The Morgan fingerprint density at radius 1 is 1.35 bits per heavy atom. The zero-order valence-electron chi connectivity index (χ0n) is 10.6. The molecule has 3 heteroatoms. The van der Waals surface area contributed by atoms with Crippen LogP contribution in [0.2, 0.25) is 0 Å². The molecule has 0 saturated carbocycles. The van der Waals surface area contributed by atoms with Gasteiger partial charge in [0.2, 0.25) is 0 Å². The Bertz CT molecular complexity index is 335. The monoisotopic (exact) mass is 252 g/mol. The van der Waals surface area contributed by atoms with Gasteiger partial charge in [0, 0.05) is 31.4 Å². The van der Waals surface area contributed by atoms with Crippen LogP contribution in [0.15, 0.2) is 41.4 Å². The second-order valence-corrected chi connectivity index (χ2v) is 4.46. The van der Waals surface area contributed by atoms with E-state index in [-0.39, 0.29) is 0 Å². The molecule has 0 bridgehead atoms. The number of para-hydroxylation sites is 1. The SMILES string of the molecule is C/C(=C\Cl)CNCCCN(C)c1ccccc1. The number of nitrogens with zero attached hydrogens (tertiary/aromatic N) is 1. The van der Waals surface area contributed by atoms with Crippen LogP contribution in [0.1, 0.15) is 13.3 Å². The van der Waals surface area contributed by atoms with E-state index in [2.05, 4.69) is 41.5 Å². The highest BCUT2D eigenvalue weighted by Gasteiger charge is 1.98. The van der Waals surface area contributed by atoms with Crippen LogP contribution in [0.4, 0.5) is 5.69 Å². The number of nitrogens with one attached hydrogen (secondary N) is 1. The molecule has 0 aliphatic rings. The minimum absolute atomic E-state index is 0.874. The van der Waals surface area contributed by atoms with Crippen LogP contribution in [-0.2, 0) is 0 Å². The summed E-state index contributed by atoms with van der Waals surface area (Å²) in [4.78, 5) is 2.27. The summed E-state index contributed by atoms with van der Waals surface area (Å²) in [5.41, 5.74) is 4.07. The molecule has 0 aromatic heterocycles. The van der Waals surface area contributed by atoms with Gasteiger partial charge in [-0.3, -0.25) is 0 Å². The second-order valence-electron chi connectivity index (χ2n) is 4.24. The maximum atomic E-state index is 5.59. The number of halogens is 1. The lowest BCUT2D eigenvalue weighted by molar-refractivity contribution is 0.675. The molecule has 1 N–H and O–H groups in total. The van der Waals surface area contributed by atoms with Crippen molar-refractivity contribution in [1.82, 2.24) is 5.32 Å². The molecular formula is C14H21ClN2. The molecule has 0 aliphatic carbocycles. The molecule has 0 amide bonds. The molecule has 1 rings (SSSR count). The molecule has 0 heterocycles. The highest BCUT2D eigenvalue weighted by atomic mass is 35.5. The molecular weight excluding hydrogens is 232 g/mol. The van der Waals surface area contributed by atoms with Gasteiger partial charge < -0.3 is 10.2 Å². The fourth-order valence-electron chi connectivity index (χ4n) is 1.58. The van der Waals surface area contributed by atoms with E-state index in [1.165, 1.54) is 11.3 Å². The van der Waals surface area contributed by atoms with E-state index in [9.17, 15) is 0 Å². The molecule has 2 nitrogen and oxygen atoms in total. The van der Waals surface area contributed by atoms with Gasteiger partial charge in [-0.2, -0.15) is 0 Å². The standard InChI is InChI=1S/C14H21ClN2/c1-13(11-15)12-16-9-6-10-17(2)14-7-4-3-5-8-14/h3-5,7-8,11,16H,6,9-10,12H2,1-2H3/b13-11+. The molecule has 0 radical (unpaired) electrons. The third kappa shape index (κ3) is 5.76. The normalized spacial score (nSPS) is 11.6. The maximum Gasteiger partial charge on any atom is 0.0363 e. The Hall–Kier alpha value is -0.990. The Balaban J connectivity index is 2.15. The van der Waals surface area contributed by atoms with Gasteiger partial charge >= 0.3 is 0 Å². The molecule has 94 valence electrons. The molecule has 1 aromatic carbocycles. The Kier molecular flexibility index (Phi) is 6.75. The number of hydrogen-bond donors (Lipinski definition) is 1. The molecule has 0 saturated heterocycles. The van der Waals surface area contributed by atoms with Gasteiger partial charge in [-0.1, -0.05) is 29.8 Å². The number of hydrogen-bond acceptors (Lipinski definition) is 2. The third-order valence-electron chi connectivity index (χ3n) is 2.63. The average Bonchev–Trinajstić information content (AvgIpc) is 2.38. The van der Waals surface area contributed by atoms with Crippen molar-refractivity contribution in [3.63, 3.8) is 0 Å². The smallest absolute Gasteiger partial charge is 0.0363 e. The minimum atomic E-state index is 0.874. The quantitative estimate of drug-likeness (QED) is 0.750. The number of benzene rings is 1. The van der Waals surface area contributed by atoms with Crippen molar-refractivity contribution in [3.05, 3.63) is 41.4 Å². The molecule has 0 atom stereocenters. The van der Waals surface area contributed by atoms with Gasteiger partial charge in [0.05, 0.1) is 0 Å². The molecule has 0 spiro atoms. The fraction of sp³-hybridized carbons (Fsp3) is 0.429. The zero-order valence-corrected chi connectivity index (χ0v) is 11.4. The van der Waals surface area contributed by atoms with Gasteiger partial charge in [0.1, 0.15) is 0 Å². The predicted molar refractivity (Wildman–Crippen MR) is 76.8 cm³/mol. The average molecular weight is 253 g/mol. The van der Waals surface area contributed by atoms with Gasteiger partial charge in [0.25, 0.3) is 0 Å². The minimum Gasteiger partial charge on any atom is -0.375 e. The van der Waals surface area contributed by atoms with E-state index in [1.807, 2.05) is 13.0 Å². The first-order valence-electron chi connectivity index (χ1n) is 5.97. The van der Waals surface area contributed by atoms with Crippen LogP contribution >= 0.6 is 11.6 Å². The first-order valence-corrected chi connectivity index (χ1v) is 6.40. The topological polar surface area (TPSA) is 15.3 Å². The van der Waals surface area contributed by atoms with Gasteiger partial charge in [-0.25, -0.2) is 0 Å². The second kappa shape index (κ2) is 8.15. The summed E-state index contributed by atoms with van der Waals surface area (Å²) in [6.45, 7) is 4.97. The van der Waals surface area contributed by atoms with E-state index >= 15 is 0 Å². The lowest BCUT2D eigenvalue weighted by atomic mass is 10.3. The van der Waals surface area contributed by atoms with Crippen LogP contribution in [0.25, 0.3) is 0 Å². The van der Waals surface area contributed by atoms with Crippen molar-refractivity contribution in [2.45, 2.75) is 13.3 Å². The third-order valence-corrected chi connectivity index (χ3v) is 3.01. The van der Waals surface area contributed by atoms with E-state index in [1.54, 1.807) is 5.54 Å². The van der Waals surface area contributed by atoms with Crippen molar-refractivity contribution in [1.29, 1.82) is 0 Å². The lowest BCUT2D eigenvalue weighted by Gasteiger charge is -2.19. The Morgan fingerprint density at radius 2 is 2.06 bits per heavy atom. The first kappa shape index (κ1) is 14.1. The summed E-state index contributed by atoms with van der Waals surface area (Å²) in [5, 5.41) is 3.36. The first-order chi connectivity index (χ1) is 8.24. The molecule has 1 aromatic rings. The summed E-state index contributed by atoms with van der Waals surface area (Å²) in [5.74, 6) is 0. The van der Waals surface area contributed by atoms with E-state index < -0.39 is 0 Å². The van der Waals surface area contributed by atoms with Crippen molar-refractivity contribution < 1.29 is 0 Å². The number of anilines is 1. The van der Waals surface area contributed by atoms with Crippen molar-refractivity contribution in [3.8, 4) is 0 Å². The summed E-state index contributed by atoms with van der Waals surface area (Å²) < 4.78 is 0. The summed E-state index contributed by atoms with van der Waals surface area (Å²) in [7, 11) is 2.12. The van der Waals surface area contributed by atoms with E-state index in [0.717, 1.165) is 26.1 Å². The van der Waals surface area contributed by atoms with E-state index in [4.69, 9.17) is 11.6 Å². The van der Waals surface area contributed by atoms with Gasteiger partial charge in [0.15, 0.2) is 0 Å². The van der Waals surface area contributed by atoms with Gasteiger partial charge in [-0.05, 0) is 37.6 Å². The van der Waals surface area contributed by atoms with E-state index in [0.29, 0.717) is 0 Å². The van der Waals surface area contributed by atoms with Crippen molar-refractivity contribution in [2.75, 3.05) is 31.6 Å². The molecule has 0 fully saturated rings. The molecule has 0 unspecified atom stereocenters. The highest BCUT2D eigenvalue weighted by molar-refractivity contribution is 6.25. The van der Waals surface area contributed by atoms with Crippen LogP contribution in [-0.4, -0.2) is 26.7 Å². The largest absolute Gasteiger partial charge is 0.375 e. The van der Waals surface area contributed by atoms with Crippen LogP contribution in [0.3, 0.4) is 0 Å². The Labute approximate surface area is 109 Å². The zero-order chi connectivity index (χ0) is 12.5. The molecule has 17 heavy (non-hydrogen) atoms. The Morgan fingerprint density at radius 3 is 2.71 bits per heavy atom. The van der Waals surface area contributed by atoms with Crippen LogP contribution < -0.4 is 10.2 Å². The summed E-state index contributed by atoms with van der Waals surface area (Å²) >= 11 is 5.59. The highest BCUT2D eigenvalue weighted by Crippen LogP contribution is 2.10. The summed E-state index contributed by atoms with van der Waals surface area (Å²) in [6, 6.07) is 10.4. The lowest BCUT2D eigenvalue weighted by Crippen LogP contribution is -2.24. The predicted octanol–water partition coefficient (Wildman–Crippen LogP) is 3.25. The van der Waals surface area contributed by atoms with Gasteiger partial charge in [-0.15, -0.1) is 0 Å². The summed E-state index contributed by atoms with van der Waals surface area (Å²) in [6.07, 6.45) is 1.13. The maximum absolute atomic E-state index is 5.59. The van der Waals surface area contributed by atoms with Crippen molar-refractivity contribution in [2.24, 2.45) is 0 Å². The van der Waals surface area contributed by atoms with Crippen molar-refractivity contribution >= 4 is 17.3 Å². The number of rotatable bonds is 7. The molecule has 0 aliphatic heterocycles.